The molecule has 2 heteroatoms. The molecule has 1 unspecified atom stereocenters. The highest BCUT2D eigenvalue weighted by Gasteiger charge is 2.18. The number of hydrogen-bond donors (Lipinski definition) is 1. The van der Waals surface area contributed by atoms with E-state index < -0.39 is 0 Å². The normalized spacial score (nSPS) is 12.8. The molecule has 3 rings (SSSR count). The Morgan fingerprint density at radius 1 is 0.913 bits per heavy atom. The average molecular weight is 306 g/mol. The summed E-state index contributed by atoms with van der Waals surface area (Å²) in [5.74, 6) is 0. The Morgan fingerprint density at radius 2 is 1.61 bits per heavy atom. The molecule has 0 aliphatic heterocycles. The average Bonchev–Trinajstić information content (AvgIpc) is 3.03. The third-order valence-electron chi connectivity index (χ3n) is 4.80. The highest BCUT2D eigenvalue weighted by atomic mass is 15.1. The van der Waals surface area contributed by atoms with E-state index in [4.69, 9.17) is 0 Å². The molecule has 1 atom stereocenters. The third-order valence-corrected chi connectivity index (χ3v) is 4.80. The van der Waals surface area contributed by atoms with Crippen LogP contribution in [0.1, 0.15) is 37.4 Å². The van der Waals surface area contributed by atoms with Crippen LogP contribution in [-0.4, -0.2) is 23.0 Å². The van der Waals surface area contributed by atoms with Gasteiger partial charge in [-0.2, -0.15) is 0 Å². The monoisotopic (exact) mass is 306 g/mol. The van der Waals surface area contributed by atoms with Gasteiger partial charge in [-0.3, -0.25) is 4.90 Å². The lowest BCUT2D eigenvalue weighted by Crippen LogP contribution is -2.28. The molecule has 2 aromatic carbocycles. The number of fused-ring (bicyclic) bond motifs is 1. The zero-order chi connectivity index (χ0) is 16.1. The molecule has 3 aromatic rings. The van der Waals surface area contributed by atoms with E-state index in [1.807, 2.05) is 0 Å². The summed E-state index contributed by atoms with van der Waals surface area (Å²) < 4.78 is 0. The quantitative estimate of drug-likeness (QED) is 0.637. The van der Waals surface area contributed by atoms with Crippen LogP contribution in [0.15, 0.2) is 60.8 Å². The van der Waals surface area contributed by atoms with E-state index in [2.05, 4.69) is 84.5 Å². The lowest BCUT2D eigenvalue weighted by Gasteiger charge is -2.30. The lowest BCUT2D eigenvalue weighted by atomic mass is 9.97. The maximum Gasteiger partial charge on any atom is 0.0456 e. The van der Waals surface area contributed by atoms with E-state index in [1.165, 1.54) is 22.0 Å². The number of nitrogens with zero attached hydrogens (tertiary/aromatic N) is 1. The third kappa shape index (κ3) is 3.48. The molecule has 0 aliphatic rings. The molecule has 0 saturated carbocycles. The second kappa shape index (κ2) is 7.47. The summed E-state index contributed by atoms with van der Waals surface area (Å²) >= 11 is 0. The first-order valence-corrected chi connectivity index (χ1v) is 8.67. The zero-order valence-electron chi connectivity index (χ0n) is 14.1. The maximum atomic E-state index is 3.40. The molecule has 0 amide bonds. The van der Waals surface area contributed by atoms with Gasteiger partial charge in [-0.15, -0.1) is 0 Å². The molecule has 1 aromatic heterocycles. The van der Waals surface area contributed by atoms with E-state index in [9.17, 15) is 0 Å². The number of para-hydroxylation sites is 1. The minimum Gasteiger partial charge on any atom is -0.361 e. The first-order chi connectivity index (χ1) is 11.3. The van der Waals surface area contributed by atoms with E-state index in [0.29, 0.717) is 6.04 Å². The van der Waals surface area contributed by atoms with Gasteiger partial charge < -0.3 is 4.98 Å². The molecule has 0 bridgehead atoms. The topological polar surface area (TPSA) is 19.0 Å². The van der Waals surface area contributed by atoms with Gasteiger partial charge in [-0.25, -0.2) is 0 Å². The van der Waals surface area contributed by atoms with E-state index in [1.54, 1.807) is 0 Å². The van der Waals surface area contributed by atoms with E-state index in [-0.39, 0.29) is 0 Å². The summed E-state index contributed by atoms with van der Waals surface area (Å²) in [7, 11) is 0. The van der Waals surface area contributed by atoms with Crippen molar-refractivity contribution in [1.29, 1.82) is 0 Å². The van der Waals surface area contributed by atoms with Crippen LogP contribution in [0.25, 0.3) is 10.9 Å². The largest absolute Gasteiger partial charge is 0.361 e. The van der Waals surface area contributed by atoms with Crippen LogP contribution >= 0.6 is 0 Å². The molecule has 0 saturated heterocycles. The molecular formula is C21H26N2. The fourth-order valence-corrected chi connectivity index (χ4v) is 3.53. The number of H-pyrrole nitrogens is 1. The summed E-state index contributed by atoms with van der Waals surface area (Å²) in [4.78, 5) is 5.95. The minimum atomic E-state index is 0.486. The summed E-state index contributed by atoms with van der Waals surface area (Å²) in [5, 5.41) is 1.36. The highest BCUT2D eigenvalue weighted by Crippen LogP contribution is 2.27. The number of hydrogen-bond acceptors (Lipinski definition) is 1. The van der Waals surface area contributed by atoms with Crippen LogP contribution in [0.3, 0.4) is 0 Å². The molecule has 120 valence electrons. The number of aromatic nitrogens is 1. The summed E-state index contributed by atoms with van der Waals surface area (Å²) in [6.45, 7) is 6.68. The zero-order valence-corrected chi connectivity index (χ0v) is 14.1. The molecule has 1 N–H and O–H groups in total. The Bertz CT molecular complexity index is 726. The fourth-order valence-electron chi connectivity index (χ4n) is 3.53. The SMILES string of the molecule is CCN(CC)C(CCc1c[nH]c2ccccc12)c1ccccc1. The van der Waals surface area contributed by atoms with E-state index in [0.717, 1.165) is 25.9 Å². The van der Waals surface area contributed by atoms with Gasteiger partial charge in [-0.05, 0) is 43.1 Å². The van der Waals surface area contributed by atoms with Gasteiger partial charge in [0.1, 0.15) is 0 Å². The van der Waals surface area contributed by atoms with Gasteiger partial charge in [0.05, 0.1) is 0 Å². The summed E-state index contributed by atoms with van der Waals surface area (Å²) in [6.07, 6.45) is 4.42. The Morgan fingerprint density at radius 3 is 2.35 bits per heavy atom. The number of aromatic amines is 1. The maximum absolute atomic E-state index is 3.40. The molecular weight excluding hydrogens is 280 g/mol. The Labute approximate surface area is 139 Å². The van der Waals surface area contributed by atoms with Crippen LogP contribution < -0.4 is 0 Å². The summed E-state index contributed by atoms with van der Waals surface area (Å²) in [5.41, 5.74) is 4.09. The molecule has 0 aliphatic carbocycles. The van der Waals surface area contributed by atoms with Gasteiger partial charge >= 0.3 is 0 Å². The highest BCUT2D eigenvalue weighted by molar-refractivity contribution is 5.83. The van der Waals surface area contributed by atoms with Gasteiger partial charge in [0.15, 0.2) is 0 Å². The molecule has 0 fully saturated rings. The lowest BCUT2D eigenvalue weighted by molar-refractivity contribution is 0.208. The fraction of sp³-hybridized carbons (Fsp3) is 0.333. The van der Waals surface area contributed by atoms with Crippen LogP contribution in [0.4, 0.5) is 0 Å². The number of aryl methyl sites for hydroxylation is 1. The second-order valence-corrected chi connectivity index (χ2v) is 6.05. The smallest absolute Gasteiger partial charge is 0.0456 e. The van der Waals surface area contributed by atoms with Crippen LogP contribution in [-0.2, 0) is 6.42 Å². The van der Waals surface area contributed by atoms with Gasteiger partial charge in [-0.1, -0.05) is 62.4 Å². The van der Waals surface area contributed by atoms with Crippen LogP contribution in [0.5, 0.6) is 0 Å². The molecule has 1 heterocycles. The summed E-state index contributed by atoms with van der Waals surface area (Å²) in [6, 6.07) is 20.0. The molecule has 0 radical (unpaired) electrons. The Kier molecular flexibility index (Phi) is 5.14. The Balaban J connectivity index is 1.81. The second-order valence-electron chi connectivity index (χ2n) is 6.05. The predicted molar refractivity (Wildman–Crippen MR) is 98.7 cm³/mol. The van der Waals surface area contributed by atoms with Crippen molar-refractivity contribution in [2.24, 2.45) is 0 Å². The van der Waals surface area contributed by atoms with Gasteiger partial charge in [0.25, 0.3) is 0 Å². The van der Waals surface area contributed by atoms with E-state index >= 15 is 0 Å². The van der Waals surface area contributed by atoms with Crippen molar-refractivity contribution in [3.8, 4) is 0 Å². The number of nitrogens with one attached hydrogen (secondary N) is 1. The van der Waals surface area contributed by atoms with Crippen molar-refractivity contribution in [3.05, 3.63) is 71.9 Å². The molecule has 23 heavy (non-hydrogen) atoms. The number of benzene rings is 2. The van der Waals surface area contributed by atoms with Gasteiger partial charge in [0.2, 0.25) is 0 Å². The van der Waals surface area contributed by atoms with Crippen LogP contribution in [0.2, 0.25) is 0 Å². The predicted octanol–water partition coefficient (Wildman–Crippen LogP) is 5.18. The standard InChI is InChI=1S/C21H26N2/c1-3-23(4-2)21(17-10-6-5-7-11-17)15-14-18-16-22-20-13-9-8-12-19(18)20/h5-13,16,21-22H,3-4,14-15H2,1-2H3. The molecule has 2 nitrogen and oxygen atoms in total. The van der Waals surface area contributed by atoms with Crippen molar-refractivity contribution in [2.75, 3.05) is 13.1 Å². The first kappa shape index (κ1) is 15.8. The Hall–Kier alpha value is -2.06. The van der Waals surface area contributed by atoms with Crippen molar-refractivity contribution in [1.82, 2.24) is 9.88 Å². The van der Waals surface area contributed by atoms with Crippen molar-refractivity contribution in [3.63, 3.8) is 0 Å². The van der Waals surface area contributed by atoms with Gasteiger partial charge in [0, 0.05) is 23.1 Å². The number of rotatable bonds is 7. The van der Waals surface area contributed by atoms with Crippen molar-refractivity contribution >= 4 is 10.9 Å². The minimum absolute atomic E-state index is 0.486. The van der Waals surface area contributed by atoms with Crippen LogP contribution in [0, 0.1) is 0 Å². The molecule has 0 spiro atoms. The van der Waals surface area contributed by atoms with Crippen molar-refractivity contribution in [2.45, 2.75) is 32.7 Å². The first-order valence-electron chi connectivity index (χ1n) is 8.67. The van der Waals surface area contributed by atoms with Crippen molar-refractivity contribution < 1.29 is 0 Å².